The Kier molecular flexibility index (Phi) is 5.75. The smallest absolute Gasteiger partial charge is 0.453 e. The lowest BCUT2D eigenvalue weighted by Crippen LogP contribution is -2.38. The molecule has 0 bridgehead atoms. The van der Waals surface area contributed by atoms with Crippen LogP contribution in [0.1, 0.15) is 11.1 Å². The Hall–Kier alpha value is -2.35. The minimum atomic E-state index is -5.59. The average Bonchev–Trinajstić information content (AvgIpc) is 2.50. The van der Waals surface area contributed by atoms with Gasteiger partial charge in [-0.05, 0) is 37.9 Å². The zero-order valence-corrected chi connectivity index (χ0v) is 14.3. The number of nitrogen functional groups attached to an aromatic ring is 1. The number of hydrogen-bond donors (Lipinski definition) is 1. The summed E-state index contributed by atoms with van der Waals surface area (Å²) < 4.78 is 69.7. The largest absolute Gasteiger partial charge is 0.455 e. The molecule has 0 aliphatic carbocycles. The number of para-hydroxylation sites is 2. The Morgan fingerprint density at radius 3 is 2.19 bits per heavy atom. The number of hydrogen-bond acceptors (Lipinski definition) is 3. The van der Waals surface area contributed by atoms with E-state index in [0.717, 1.165) is 0 Å². The van der Waals surface area contributed by atoms with Crippen molar-refractivity contribution < 1.29 is 26.7 Å². The van der Waals surface area contributed by atoms with Crippen molar-refractivity contribution in [3.8, 4) is 11.5 Å². The highest BCUT2D eigenvalue weighted by atomic mass is 18.5. The Labute approximate surface area is 148 Å². The maximum Gasteiger partial charge on any atom is 0.453 e. The van der Waals surface area contributed by atoms with E-state index in [0.29, 0.717) is 29.3 Å². The van der Waals surface area contributed by atoms with Crippen LogP contribution in [0.15, 0.2) is 42.5 Å². The van der Waals surface area contributed by atoms with Gasteiger partial charge >= 0.3 is 12.1 Å². The van der Waals surface area contributed by atoms with Crippen molar-refractivity contribution in [2.24, 2.45) is 0 Å². The van der Waals surface area contributed by atoms with Gasteiger partial charge in [-0.3, -0.25) is 0 Å². The third-order valence-electron chi connectivity index (χ3n) is 3.59. The molecule has 0 unspecified atom stereocenters. The van der Waals surface area contributed by atoms with E-state index in [1.165, 1.54) is 18.2 Å². The normalized spacial score (nSPS) is 12.5. The Bertz CT molecular complexity index is 759. The fourth-order valence-corrected chi connectivity index (χ4v) is 2.36. The van der Waals surface area contributed by atoms with Crippen LogP contribution in [0.25, 0.3) is 0 Å². The molecule has 2 rings (SSSR count). The second-order valence-corrected chi connectivity index (χ2v) is 6.20. The molecule has 0 aromatic heterocycles. The molecule has 0 aliphatic rings. The van der Waals surface area contributed by atoms with Crippen molar-refractivity contribution in [3.63, 3.8) is 0 Å². The van der Waals surface area contributed by atoms with Crippen molar-refractivity contribution in [1.29, 1.82) is 0 Å². The van der Waals surface area contributed by atoms with Crippen LogP contribution in [0.5, 0.6) is 11.5 Å². The molecule has 0 heterocycles. The van der Waals surface area contributed by atoms with Crippen molar-refractivity contribution in [2.45, 2.75) is 25.1 Å². The van der Waals surface area contributed by atoms with Crippen LogP contribution >= 0.6 is 0 Å². The van der Waals surface area contributed by atoms with Crippen molar-refractivity contribution in [3.05, 3.63) is 53.6 Å². The molecule has 0 radical (unpaired) electrons. The van der Waals surface area contributed by atoms with Crippen LogP contribution in [0.2, 0.25) is 0 Å². The maximum atomic E-state index is 13.3. The molecule has 0 saturated heterocycles. The van der Waals surface area contributed by atoms with Gasteiger partial charge in [0.2, 0.25) is 0 Å². The van der Waals surface area contributed by atoms with Gasteiger partial charge in [0.25, 0.3) is 0 Å². The zero-order valence-electron chi connectivity index (χ0n) is 14.3. The van der Waals surface area contributed by atoms with Crippen LogP contribution in [-0.2, 0) is 13.0 Å². The standard InChI is InChI=1S/C18H19F5N2O/c1-25(2)11-13-9-12(10-17(19,20)18(21,22)23)7-8-15(13)26-16-6-4-3-5-14(16)24/h3-9H,10-11,24H2,1-2H3/i19-1,20-1,21-1,22-1,23-1. The molecule has 0 amide bonds. The van der Waals surface area contributed by atoms with E-state index in [9.17, 15) is 22.0 Å². The van der Waals surface area contributed by atoms with Gasteiger partial charge in [0.1, 0.15) is 11.5 Å². The number of halogens is 5. The average molecular weight is 369 g/mol. The summed E-state index contributed by atoms with van der Waals surface area (Å²) in [7, 11) is 3.50. The van der Waals surface area contributed by atoms with E-state index < -0.39 is 18.5 Å². The highest BCUT2D eigenvalue weighted by Crippen LogP contribution is 2.39. The first-order valence-electron chi connectivity index (χ1n) is 7.73. The van der Waals surface area contributed by atoms with Crippen LogP contribution in [-0.4, -0.2) is 31.1 Å². The fourth-order valence-electron chi connectivity index (χ4n) is 2.36. The van der Waals surface area contributed by atoms with Gasteiger partial charge < -0.3 is 15.4 Å². The van der Waals surface area contributed by atoms with E-state index in [4.69, 9.17) is 10.5 Å². The summed E-state index contributed by atoms with van der Waals surface area (Å²) in [6.07, 6.45) is -7.02. The Balaban J connectivity index is 2.34. The van der Waals surface area contributed by atoms with E-state index in [1.54, 1.807) is 43.3 Å². The van der Waals surface area contributed by atoms with Gasteiger partial charge in [-0.25, -0.2) is 0 Å². The van der Waals surface area contributed by atoms with E-state index >= 15 is 0 Å². The number of anilines is 1. The molecule has 2 aromatic rings. The quantitative estimate of drug-likeness (QED) is 0.584. The minimum absolute atomic E-state index is 0.127. The summed E-state index contributed by atoms with van der Waals surface area (Å²) in [6.45, 7) is 0.299. The van der Waals surface area contributed by atoms with Gasteiger partial charge in [0.05, 0.1) is 5.69 Å². The Morgan fingerprint density at radius 2 is 1.62 bits per heavy atom. The van der Waals surface area contributed by atoms with Crippen LogP contribution in [0.3, 0.4) is 0 Å². The number of nitrogens with zero attached hydrogens (tertiary/aromatic N) is 1. The van der Waals surface area contributed by atoms with E-state index in [-0.39, 0.29) is 5.56 Å². The molecule has 2 aromatic carbocycles. The highest BCUT2D eigenvalue weighted by molar-refractivity contribution is 5.54. The van der Waals surface area contributed by atoms with Crippen molar-refractivity contribution >= 4 is 5.69 Å². The maximum absolute atomic E-state index is 13.3. The van der Waals surface area contributed by atoms with E-state index in [1.807, 2.05) is 0 Å². The van der Waals surface area contributed by atoms with Gasteiger partial charge in [-0.1, -0.05) is 24.3 Å². The van der Waals surface area contributed by atoms with Gasteiger partial charge in [-0.15, -0.1) is 0 Å². The molecule has 3 nitrogen and oxygen atoms in total. The summed E-state index contributed by atoms with van der Waals surface area (Å²) >= 11 is 0. The molecular weight excluding hydrogens is 350 g/mol. The minimum Gasteiger partial charge on any atom is -0.455 e. The molecule has 0 saturated carbocycles. The molecule has 0 aliphatic heterocycles. The first kappa shape index (κ1) is 20.0. The van der Waals surface area contributed by atoms with Gasteiger partial charge in [-0.2, -0.15) is 22.0 Å². The molecule has 0 atom stereocenters. The SMILES string of the molecule is CN(C)Cc1cc(CC([18F])([18F])C([18F])([18F])[18F])ccc1Oc1ccccc1N. The fraction of sp³-hybridized carbons (Fsp3) is 0.333. The molecule has 2 N–H and O–H groups in total. The van der Waals surface area contributed by atoms with Crippen molar-refractivity contribution in [2.75, 3.05) is 19.8 Å². The number of alkyl halides is 5. The number of ether oxygens (including phenoxy) is 1. The first-order valence-corrected chi connectivity index (χ1v) is 7.73. The second kappa shape index (κ2) is 7.49. The molecular formula is C18H19F5N2O. The second-order valence-electron chi connectivity index (χ2n) is 6.20. The predicted octanol–water partition coefficient (Wildman–Crippen LogP) is 4.86. The third-order valence-corrected chi connectivity index (χ3v) is 3.59. The predicted molar refractivity (Wildman–Crippen MR) is 89.5 cm³/mol. The summed E-state index contributed by atoms with van der Waals surface area (Å²) in [5.74, 6) is -4.08. The molecule has 26 heavy (non-hydrogen) atoms. The van der Waals surface area contributed by atoms with Gasteiger partial charge in [0.15, 0.2) is 0 Å². The lowest BCUT2D eigenvalue weighted by molar-refractivity contribution is -0.281. The highest BCUT2D eigenvalue weighted by Gasteiger charge is 2.57. The molecule has 0 fully saturated rings. The lowest BCUT2D eigenvalue weighted by atomic mass is 10.0. The van der Waals surface area contributed by atoms with Crippen molar-refractivity contribution in [1.82, 2.24) is 4.90 Å². The monoisotopic (exact) mass is 369 g/mol. The third kappa shape index (κ3) is 4.85. The number of benzene rings is 2. The summed E-state index contributed by atoms with van der Waals surface area (Å²) in [6, 6.07) is 10.6. The number of nitrogens with two attached hydrogens (primary N) is 1. The molecule has 8 heteroatoms. The molecule has 142 valence electrons. The Morgan fingerprint density at radius 1 is 0.962 bits per heavy atom. The van der Waals surface area contributed by atoms with Crippen LogP contribution in [0.4, 0.5) is 27.6 Å². The van der Waals surface area contributed by atoms with E-state index in [2.05, 4.69) is 0 Å². The lowest BCUT2D eigenvalue weighted by Gasteiger charge is -2.21. The van der Waals surface area contributed by atoms with Gasteiger partial charge in [0, 0.05) is 18.5 Å². The number of rotatable bonds is 6. The van der Waals surface area contributed by atoms with Crippen LogP contribution < -0.4 is 10.5 Å². The topological polar surface area (TPSA) is 38.5 Å². The summed E-state index contributed by atoms with van der Waals surface area (Å²) in [5, 5.41) is 0. The zero-order chi connectivity index (χ0) is 19.5. The summed E-state index contributed by atoms with van der Waals surface area (Å²) in [4.78, 5) is 1.75. The summed E-state index contributed by atoms with van der Waals surface area (Å²) in [5.41, 5.74) is 6.56. The molecule has 0 spiro atoms. The first-order chi connectivity index (χ1) is 12.0. The van der Waals surface area contributed by atoms with Crippen LogP contribution in [0, 0.1) is 0 Å².